The second-order valence-corrected chi connectivity index (χ2v) is 9.50. The van der Waals surface area contributed by atoms with E-state index in [0.717, 1.165) is 0 Å². The minimum Gasteiger partial charge on any atom is -0.361 e. The summed E-state index contributed by atoms with van der Waals surface area (Å²) in [5.41, 5.74) is -5.65. The molecule has 0 unspecified atom stereocenters. The van der Waals surface area contributed by atoms with Crippen molar-refractivity contribution in [2.24, 2.45) is 0 Å². The summed E-state index contributed by atoms with van der Waals surface area (Å²) in [4.78, 5) is 0. The number of aliphatic hydroxyl groups is 4. The molecular formula is C14H19F13O7Si. The monoisotopic (exact) mass is 574 g/mol. The maximum absolute atomic E-state index is 13.5. The van der Waals surface area contributed by atoms with Crippen LogP contribution in [0.25, 0.3) is 0 Å². The molecule has 0 saturated heterocycles. The summed E-state index contributed by atoms with van der Waals surface area (Å²) in [6, 6.07) is 0. The molecule has 212 valence electrons. The van der Waals surface area contributed by atoms with Crippen LogP contribution >= 0.6 is 0 Å². The van der Waals surface area contributed by atoms with Crippen LogP contribution in [-0.2, 0) is 13.3 Å². The maximum Gasteiger partial charge on any atom is 0.578 e. The van der Waals surface area contributed by atoms with Crippen molar-refractivity contribution < 1.29 is 90.8 Å². The average molecular weight is 574 g/mol. The highest BCUT2D eigenvalue weighted by molar-refractivity contribution is 6.64. The zero-order chi connectivity index (χ0) is 28.4. The van der Waals surface area contributed by atoms with Gasteiger partial charge in [-0.25, -0.2) is 0 Å². The molecule has 0 fully saturated rings. The highest BCUT2D eigenvalue weighted by atomic mass is 28.4. The van der Waals surface area contributed by atoms with E-state index >= 15 is 0 Å². The molecule has 0 aliphatic rings. The summed E-state index contributed by atoms with van der Waals surface area (Å²) in [6.07, 6.45) is -35.9. The zero-order valence-electron chi connectivity index (χ0n) is 17.2. The molecule has 0 aromatic heterocycles. The Balaban J connectivity index is 6.98. The third-order valence-electron chi connectivity index (χ3n) is 3.98. The van der Waals surface area contributed by atoms with Gasteiger partial charge in [-0.1, -0.05) is 26.2 Å². The van der Waals surface area contributed by atoms with Gasteiger partial charge in [-0.2, -0.15) is 57.1 Å². The lowest BCUT2D eigenvalue weighted by atomic mass is 10.1. The molecule has 0 radical (unpaired) electrons. The fraction of sp³-hybridized carbons (Fsp3) is 1.00. The molecule has 0 saturated carbocycles. The predicted octanol–water partition coefficient (Wildman–Crippen LogP) is 3.72. The topological polar surface area (TPSA) is 109 Å². The number of halogens is 13. The van der Waals surface area contributed by atoms with Crippen LogP contribution < -0.4 is 0 Å². The largest absolute Gasteiger partial charge is 0.578 e. The second kappa shape index (κ2) is 10.8. The molecule has 0 amide bonds. The molecule has 0 bridgehead atoms. The van der Waals surface area contributed by atoms with Crippen molar-refractivity contribution in [1.29, 1.82) is 0 Å². The first-order valence-corrected chi connectivity index (χ1v) is 10.8. The van der Waals surface area contributed by atoms with Gasteiger partial charge in [0, 0.05) is 6.42 Å². The number of hydrogen-bond donors (Lipinski definition) is 4. The Morgan fingerprint density at radius 2 is 1.03 bits per heavy atom. The van der Waals surface area contributed by atoms with E-state index in [2.05, 4.69) is 13.3 Å². The molecule has 0 atom stereocenters. The minimum absolute atomic E-state index is 0.105. The number of hydrogen-bond acceptors (Lipinski definition) is 7. The van der Waals surface area contributed by atoms with Crippen LogP contribution in [0.4, 0.5) is 57.1 Å². The molecule has 7 nitrogen and oxygen atoms in total. The van der Waals surface area contributed by atoms with Gasteiger partial charge in [0.05, 0.1) is 0 Å². The van der Waals surface area contributed by atoms with Crippen LogP contribution in [0.1, 0.15) is 39.0 Å². The van der Waals surface area contributed by atoms with E-state index in [4.69, 9.17) is 0 Å². The van der Waals surface area contributed by atoms with Crippen LogP contribution in [0.2, 0.25) is 0 Å². The third-order valence-corrected chi connectivity index (χ3v) is 6.80. The van der Waals surface area contributed by atoms with Gasteiger partial charge in [0.1, 0.15) is 6.61 Å². The van der Waals surface area contributed by atoms with Crippen LogP contribution in [0, 0.1) is 0 Å². The van der Waals surface area contributed by atoms with Crippen molar-refractivity contribution in [1.82, 2.24) is 0 Å². The molecule has 0 heterocycles. The van der Waals surface area contributed by atoms with Crippen molar-refractivity contribution in [3.63, 3.8) is 0 Å². The van der Waals surface area contributed by atoms with E-state index in [1.165, 1.54) is 0 Å². The van der Waals surface area contributed by atoms with Crippen LogP contribution in [0.5, 0.6) is 0 Å². The highest BCUT2D eigenvalue weighted by Crippen LogP contribution is 2.48. The standard InChI is InChI=1S/C14H19F13O7Si/c1-2-3-4-5-6-8(28,29)14(30,31)35(32-7-9(15,16)17,33-12(24,25)10(18,19)20)34-13(26,27)11(21,22)23/h28-31H,2-7H2,1H3. The Hall–Kier alpha value is -0.973. The van der Waals surface area contributed by atoms with E-state index in [0.29, 0.717) is 6.42 Å². The number of alkyl halides is 13. The molecule has 0 aromatic rings. The van der Waals surface area contributed by atoms with E-state index in [1.807, 2.05) is 0 Å². The van der Waals surface area contributed by atoms with Crippen molar-refractivity contribution in [2.75, 3.05) is 6.61 Å². The Morgan fingerprint density at radius 3 is 1.34 bits per heavy atom. The fourth-order valence-electron chi connectivity index (χ4n) is 2.17. The Kier molecular flexibility index (Phi) is 10.5. The van der Waals surface area contributed by atoms with Gasteiger partial charge in [0.2, 0.25) is 5.79 Å². The van der Waals surface area contributed by atoms with E-state index in [1.54, 1.807) is 6.92 Å². The second-order valence-electron chi connectivity index (χ2n) is 6.99. The van der Waals surface area contributed by atoms with E-state index in [-0.39, 0.29) is 12.8 Å². The van der Waals surface area contributed by atoms with Crippen molar-refractivity contribution in [3.8, 4) is 0 Å². The third kappa shape index (κ3) is 8.54. The summed E-state index contributed by atoms with van der Waals surface area (Å²) in [7, 11) is -8.38. The number of rotatable bonds is 13. The Labute approximate surface area is 188 Å². The molecule has 0 aliphatic carbocycles. The van der Waals surface area contributed by atoms with Gasteiger partial charge in [0.15, 0.2) is 0 Å². The van der Waals surface area contributed by atoms with Gasteiger partial charge in [-0.3, -0.25) is 0 Å². The fourth-order valence-corrected chi connectivity index (χ4v) is 4.69. The zero-order valence-corrected chi connectivity index (χ0v) is 18.2. The van der Waals surface area contributed by atoms with Crippen LogP contribution in [-0.4, -0.2) is 77.8 Å². The Morgan fingerprint density at radius 1 is 0.629 bits per heavy atom. The normalized spacial score (nSPS) is 15.6. The summed E-state index contributed by atoms with van der Waals surface area (Å²) < 4.78 is 176. The predicted molar refractivity (Wildman–Crippen MR) is 85.0 cm³/mol. The van der Waals surface area contributed by atoms with Crippen molar-refractivity contribution >= 4 is 8.80 Å². The first kappa shape index (κ1) is 34.0. The molecule has 35 heavy (non-hydrogen) atoms. The lowest BCUT2D eigenvalue weighted by Crippen LogP contribution is -2.79. The molecule has 0 aromatic carbocycles. The summed E-state index contributed by atoms with van der Waals surface area (Å²) >= 11 is 0. The highest BCUT2D eigenvalue weighted by Gasteiger charge is 2.81. The van der Waals surface area contributed by atoms with Gasteiger partial charge in [0.25, 0.3) is 5.41 Å². The van der Waals surface area contributed by atoms with Crippen molar-refractivity contribution in [2.45, 2.75) is 81.0 Å². The van der Waals surface area contributed by atoms with Crippen LogP contribution in [0.15, 0.2) is 0 Å². The lowest BCUT2D eigenvalue weighted by molar-refractivity contribution is -0.423. The van der Waals surface area contributed by atoms with Gasteiger partial charge >= 0.3 is 39.6 Å². The summed E-state index contributed by atoms with van der Waals surface area (Å²) in [5, 5.41) is 39.5. The molecule has 4 N–H and O–H groups in total. The van der Waals surface area contributed by atoms with Crippen LogP contribution in [0.3, 0.4) is 0 Å². The molecule has 0 rings (SSSR count). The van der Waals surface area contributed by atoms with Crippen molar-refractivity contribution in [3.05, 3.63) is 0 Å². The molecule has 0 spiro atoms. The lowest BCUT2D eigenvalue weighted by Gasteiger charge is -2.46. The Bertz CT molecular complexity index is 649. The summed E-state index contributed by atoms with van der Waals surface area (Å²) in [5.74, 6) is -4.68. The number of unbranched alkanes of at least 4 members (excludes halogenated alkanes) is 3. The van der Waals surface area contributed by atoms with E-state index in [9.17, 15) is 77.5 Å². The van der Waals surface area contributed by atoms with Gasteiger partial charge in [-0.05, 0) is 6.42 Å². The van der Waals surface area contributed by atoms with Gasteiger partial charge in [-0.15, -0.1) is 0 Å². The first-order chi connectivity index (χ1) is 15.2. The maximum atomic E-state index is 13.5. The van der Waals surface area contributed by atoms with E-state index < -0.39 is 70.2 Å². The molecule has 0 aliphatic heterocycles. The first-order valence-electron chi connectivity index (χ1n) is 9.07. The minimum atomic E-state index is -8.38. The summed E-state index contributed by atoms with van der Waals surface area (Å²) in [6.45, 7) is -1.77. The molecular weight excluding hydrogens is 555 g/mol. The van der Waals surface area contributed by atoms with Gasteiger partial charge < -0.3 is 33.7 Å². The smallest absolute Gasteiger partial charge is 0.361 e. The average Bonchev–Trinajstić information content (AvgIpc) is 2.60. The molecule has 21 heteroatoms. The quantitative estimate of drug-likeness (QED) is 0.115. The SMILES string of the molecule is CCCCCCC(O)(O)C(O)(O)[Si](OCC(F)(F)F)(OC(F)(F)C(F)(F)F)OC(F)(F)C(F)(F)F.